The lowest BCUT2D eigenvalue weighted by Crippen LogP contribution is -2.13. The van der Waals surface area contributed by atoms with Gasteiger partial charge in [0.15, 0.2) is 11.6 Å². The van der Waals surface area contributed by atoms with E-state index in [1.54, 1.807) is 26.0 Å². The monoisotopic (exact) mass is 239 g/mol. The summed E-state index contributed by atoms with van der Waals surface area (Å²) in [4.78, 5) is 0. The van der Waals surface area contributed by atoms with Gasteiger partial charge in [-0.25, -0.2) is 8.78 Å². The molecular weight excluding hydrogens is 220 g/mol. The number of hydrogen-bond donors (Lipinski definition) is 1. The summed E-state index contributed by atoms with van der Waals surface area (Å²) in [6.45, 7) is 7.17. The van der Waals surface area contributed by atoms with Crippen LogP contribution < -0.4 is 5.32 Å². The van der Waals surface area contributed by atoms with Gasteiger partial charge in [-0.1, -0.05) is 25.1 Å². The van der Waals surface area contributed by atoms with Crippen LogP contribution in [0.5, 0.6) is 0 Å². The normalized spacial score (nSPS) is 11.9. The van der Waals surface area contributed by atoms with Crippen LogP contribution in [-0.2, 0) is 0 Å². The highest BCUT2D eigenvalue weighted by Gasteiger charge is 2.11. The maximum absolute atomic E-state index is 13.7. The minimum absolute atomic E-state index is 0.340. The third kappa shape index (κ3) is 3.63. The minimum Gasteiger partial charge on any atom is -0.317 e. The molecule has 0 amide bonds. The van der Waals surface area contributed by atoms with Gasteiger partial charge < -0.3 is 5.32 Å². The summed E-state index contributed by atoms with van der Waals surface area (Å²) in [6, 6.07) is 3.24. The Hall–Kier alpha value is -1.22. The maximum Gasteiger partial charge on any atom is 0.166 e. The van der Waals surface area contributed by atoms with Gasteiger partial charge in [-0.05, 0) is 44.5 Å². The van der Waals surface area contributed by atoms with Crippen molar-refractivity contribution in [3.05, 3.63) is 41.0 Å². The lowest BCUT2D eigenvalue weighted by molar-refractivity contribution is 0.501. The van der Waals surface area contributed by atoms with Gasteiger partial charge in [0.05, 0.1) is 0 Å². The predicted molar refractivity (Wildman–Crippen MR) is 67.9 cm³/mol. The molecule has 1 rings (SSSR count). The number of benzene rings is 1. The molecule has 0 heterocycles. The van der Waals surface area contributed by atoms with Crippen LogP contribution in [0.2, 0.25) is 0 Å². The van der Waals surface area contributed by atoms with Crippen molar-refractivity contribution in [1.29, 1.82) is 0 Å². The fourth-order valence-corrected chi connectivity index (χ4v) is 1.63. The van der Waals surface area contributed by atoms with Crippen LogP contribution in [0, 0.1) is 18.6 Å². The number of aryl methyl sites for hydroxylation is 1. The standard InChI is InChI=1S/C14H19F2N/c1-4-17-9-5-6-10(2)12-8-7-11(3)13(15)14(12)16/h6-8,17H,4-5,9H2,1-3H3/b10-6-. The van der Waals surface area contributed by atoms with Gasteiger partial charge in [0, 0.05) is 5.56 Å². The van der Waals surface area contributed by atoms with Crippen LogP contribution in [0.3, 0.4) is 0 Å². The smallest absolute Gasteiger partial charge is 0.166 e. The van der Waals surface area contributed by atoms with Crippen molar-refractivity contribution < 1.29 is 8.78 Å². The summed E-state index contributed by atoms with van der Waals surface area (Å²) in [7, 11) is 0. The van der Waals surface area contributed by atoms with Gasteiger partial charge in [0.25, 0.3) is 0 Å². The zero-order valence-electron chi connectivity index (χ0n) is 10.6. The third-order valence-electron chi connectivity index (χ3n) is 2.72. The Morgan fingerprint density at radius 1 is 1.29 bits per heavy atom. The van der Waals surface area contributed by atoms with Gasteiger partial charge >= 0.3 is 0 Å². The average Bonchev–Trinajstić information content (AvgIpc) is 2.31. The van der Waals surface area contributed by atoms with Crippen molar-refractivity contribution in [2.24, 2.45) is 0 Å². The number of halogens is 2. The molecule has 0 unspecified atom stereocenters. The molecule has 1 N–H and O–H groups in total. The molecule has 0 aromatic heterocycles. The highest BCUT2D eigenvalue weighted by Crippen LogP contribution is 2.22. The molecule has 94 valence electrons. The molecule has 3 heteroatoms. The van der Waals surface area contributed by atoms with Gasteiger partial charge in [0.1, 0.15) is 0 Å². The van der Waals surface area contributed by atoms with Gasteiger partial charge in [-0.3, -0.25) is 0 Å². The molecule has 1 nitrogen and oxygen atoms in total. The first-order chi connectivity index (χ1) is 8.07. The molecule has 0 bridgehead atoms. The van der Waals surface area contributed by atoms with Crippen LogP contribution in [0.15, 0.2) is 18.2 Å². The molecule has 0 radical (unpaired) electrons. The molecule has 0 atom stereocenters. The molecule has 0 fully saturated rings. The minimum atomic E-state index is -0.748. The first-order valence-electron chi connectivity index (χ1n) is 5.90. The van der Waals surface area contributed by atoms with E-state index in [9.17, 15) is 8.78 Å². The average molecular weight is 239 g/mol. The molecule has 0 aliphatic rings. The third-order valence-corrected chi connectivity index (χ3v) is 2.72. The van der Waals surface area contributed by atoms with E-state index in [1.165, 1.54) is 0 Å². The summed E-state index contributed by atoms with van der Waals surface area (Å²) < 4.78 is 27.0. The number of rotatable bonds is 5. The Bertz CT molecular complexity index is 411. The van der Waals surface area contributed by atoms with E-state index in [-0.39, 0.29) is 0 Å². The summed E-state index contributed by atoms with van der Waals surface area (Å²) in [6.07, 6.45) is 2.74. The van der Waals surface area contributed by atoms with E-state index in [0.29, 0.717) is 11.1 Å². The van der Waals surface area contributed by atoms with E-state index < -0.39 is 11.6 Å². The zero-order chi connectivity index (χ0) is 12.8. The summed E-state index contributed by atoms with van der Waals surface area (Å²) in [5, 5.41) is 3.18. The maximum atomic E-state index is 13.7. The molecule has 0 aliphatic carbocycles. The topological polar surface area (TPSA) is 12.0 Å². The van der Waals surface area contributed by atoms with Gasteiger partial charge in [-0.2, -0.15) is 0 Å². The van der Waals surface area contributed by atoms with Crippen LogP contribution in [0.1, 0.15) is 31.4 Å². The first-order valence-corrected chi connectivity index (χ1v) is 5.90. The van der Waals surface area contributed by atoms with Gasteiger partial charge in [-0.15, -0.1) is 0 Å². The number of nitrogens with one attached hydrogen (secondary N) is 1. The highest BCUT2D eigenvalue weighted by atomic mass is 19.2. The van der Waals surface area contributed by atoms with Crippen molar-refractivity contribution in [2.75, 3.05) is 13.1 Å². The Labute approximate surface area is 102 Å². The van der Waals surface area contributed by atoms with E-state index in [0.717, 1.165) is 25.1 Å². The Kier molecular flexibility index (Phi) is 5.29. The Morgan fingerprint density at radius 2 is 2.00 bits per heavy atom. The highest BCUT2D eigenvalue weighted by molar-refractivity contribution is 5.64. The number of hydrogen-bond acceptors (Lipinski definition) is 1. The SMILES string of the molecule is CCNCC/C=C(/C)c1ccc(C)c(F)c1F. The van der Waals surface area contributed by atoms with Crippen LogP contribution in [0.4, 0.5) is 8.78 Å². The van der Waals surface area contributed by atoms with E-state index in [1.807, 2.05) is 13.0 Å². The molecule has 17 heavy (non-hydrogen) atoms. The van der Waals surface area contributed by atoms with Crippen LogP contribution >= 0.6 is 0 Å². The Balaban J connectivity index is 2.82. The summed E-state index contributed by atoms with van der Waals surface area (Å²) in [5.41, 5.74) is 1.47. The summed E-state index contributed by atoms with van der Waals surface area (Å²) >= 11 is 0. The largest absolute Gasteiger partial charge is 0.317 e. The van der Waals surface area contributed by atoms with E-state index >= 15 is 0 Å². The zero-order valence-corrected chi connectivity index (χ0v) is 10.6. The molecule has 0 spiro atoms. The number of allylic oxidation sites excluding steroid dienone is 1. The molecule has 0 saturated carbocycles. The second-order valence-electron chi connectivity index (χ2n) is 4.09. The lowest BCUT2D eigenvalue weighted by atomic mass is 10.0. The fraction of sp³-hybridized carbons (Fsp3) is 0.429. The van der Waals surface area contributed by atoms with Crippen molar-refractivity contribution >= 4 is 5.57 Å². The van der Waals surface area contributed by atoms with Crippen molar-refractivity contribution in [3.63, 3.8) is 0 Å². The van der Waals surface area contributed by atoms with Crippen molar-refractivity contribution in [3.8, 4) is 0 Å². The van der Waals surface area contributed by atoms with Gasteiger partial charge in [0.2, 0.25) is 0 Å². The quantitative estimate of drug-likeness (QED) is 0.773. The van der Waals surface area contributed by atoms with Crippen LogP contribution in [-0.4, -0.2) is 13.1 Å². The second-order valence-corrected chi connectivity index (χ2v) is 4.09. The first kappa shape index (κ1) is 13.8. The second kappa shape index (κ2) is 6.50. The Morgan fingerprint density at radius 3 is 2.65 bits per heavy atom. The van der Waals surface area contributed by atoms with E-state index in [2.05, 4.69) is 5.32 Å². The molecular formula is C14H19F2N. The van der Waals surface area contributed by atoms with Crippen molar-refractivity contribution in [2.45, 2.75) is 27.2 Å². The predicted octanol–water partition coefficient (Wildman–Crippen LogP) is 3.68. The summed E-state index contributed by atoms with van der Waals surface area (Å²) in [5.74, 6) is -1.50. The molecule has 1 aromatic rings. The van der Waals surface area contributed by atoms with Crippen LogP contribution in [0.25, 0.3) is 5.57 Å². The molecule has 1 aromatic carbocycles. The van der Waals surface area contributed by atoms with E-state index in [4.69, 9.17) is 0 Å². The fourth-order valence-electron chi connectivity index (χ4n) is 1.63. The van der Waals surface area contributed by atoms with Crippen molar-refractivity contribution in [1.82, 2.24) is 5.32 Å². The lowest BCUT2D eigenvalue weighted by Gasteiger charge is -2.06. The molecule has 0 saturated heterocycles. The molecule has 0 aliphatic heterocycles.